The van der Waals surface area contributed by atoms with Crippen LogP contribution in [0, 0.1) is 0 Å². The van der Waals surface area contributed by atoms with Crippen LogP contribution in [-0.4, -0.2) is 36.8 Å². The van der Waals surface area contributed by atoms with Crippen LogP contribution in [0.2, 0.25) is 0 Å². The van der Waals surface area contributed by atoms with E-state index < -0.39 is 39.4 Å². The molecule has 0 aliphatic carbocycles. The summed E-state index contributed by atoms with van der Waals surface area (Å²) >= 11 is 0. The Labute approximate surface area is 320 Å². The summed E-state index contributed by atoms with van der Waals surface area (Å²) < 4.78 is 103. The predicted molar refractivity (Wildman–Crippen MR) is 211 cm³/mol. The lowest BCUT2D eigenvalue weighted by Crippen LogP contribution is -2.25. The topological polar surface area (TPSA) is 163 Å². The van der Waals surface area contributed by atoms with Crippen molar-refractivity contribution in [3.63, 3.8) is 0 Å². The van der Waals surface area contributed by atoms with Gasteiger partial charge >= 0.3 is 8.25 Å². The molecule has 54 heavy (non-hydrogen) atoms. The Kier molecular flexibility index (Phi) is 14.7. The third-order valence-corrected chi connectivity index (χ3v) is 11.9. The molecule has 0 aromatic heterocycles. The molecule has 14 heteroatoms. The van der Waals surface area contributed by atoms with Crippen molar-refractivity contribution < 1.29 is 49.0 Å². The molecular formula is C40H51O11PS2. The Bertz CT molecular complexity index is 1920. The van der Waals surface area contributed by atoms with Crippen molar-refractivity contribution in [2.45, 2.75) is 102 Å². The molecule has 0 radical (unpaired) electrons. The van der Waals surface area contributed by atoms with Gasteiger partial charge in [-0.2, -0.15) is 16.8 Å². The second-order valence-electron chi connectivity index (χ2n) is 15.2. The van der Waals surface area contributed by atoms with E-state index in [-0.39, 0.29) is 36.5 Å². The fraction of sp³-hybridized carbons (Fsp3) is 0.400. The van der Waals surface area contributed by atoms with Crippen LogP contribution in [0.4, 0.5) is 0 Å². The first kappa shape index (κ1) is 43.2. The van der Waals surface area contributed by atoms with Crippen molar-refractivity contribution in [2.75, 3.05) is 0 Å². The summed E-state index contributed by atoms with van der Waals surface area (Å²) in [7, 11) is -13.5. The fourth-order valence-electron chi connectivity index (χ4n) is 5.57. The molecule has 0 amide bonds. The van der Waals surface area contributed by atoms with Gasteiger partial charge in [0.15, 0.2) is 10.9 Å². The third kappa shape index (κ3) is 13.9. The van der Waals surface area contributed by atoms with Crippen LogP contribution in [0.25, 0.3) is 0 Å². The molecule has 2 N–H and O–H groups in total. The van der Waals surface area contributed by atoms with E-state index in [9.17, 15) is 30.5 Å². The number of rotatable bonds is 18. The van der Waals surface area contributed by atoms with Gasteiger partial charge in [0.2, 0.25) is 0 Å². The highest BCUT2D eigenvalue weighted by atomic mass is 32.2. The first-order chi connectivity index (χ1) is 25.2. The minimum absolute atomic E-state index is 0.00550. The minimum Gasteiger partial charge on any atom is -0.457 e. The Morgan fingerprint density at radius 1 is 0.556 bits per heavy atom. The number of hydrogen-bond donors (Lipinski definition) is 2. The summed E-state index contributed by atoms with van der Waals surface area (Å²) in [6.07, 6.45) is 0.564. The van der Waals surface area contributed by atoms with Gasteiger partial charge in [0.05, 0.1) is 0 Å². The van der Waals surface area contributed by atoms with E-state index in [1.54, 1.807) is 36.4 Å². The second kappa shape index (κ2) is 18.4. The standard InChI is InChI=1S/C40H51O11PS2/c1-39(2,3)31-19-23-33(24-20-31)48-35-15-7-11-29(27-35)13-9-17-37(53(42,43)44)50-52(41)51-38(54(45,46)47)18-10-14-30-12-8-16-36(28-30)49-34-25-21-32(22-26-34)40(4,5)6/h7-8,11-12,15-16,19-28,37-38,52H,9-10,13-14,17-18H2,1-6H3,(H,42,43,44)(H,45,46,47). The minimum atomic E-state index is -4.86. The Balaban J connectivity index is 1.29. The van der Waals surface area contributed by atoms with Gasteiger partial charge < -0.3 is 9.47 Å². The number of ether oxygens (including phenoxy) is 2. The highest BCUT2D eigenvalue weighted by Gasteiger charge is 2.31. The normalized spacial score (nSPS) is 14.3. The van der Waals surface area contributed by atoms with Crippen LogP contribution >= 0.6 is 8.25 Å². The average molecular weight is 803 g/mol. The van der Waals surface area contributed by atoms with Crippen molar-refractivity contribution in [3.05, 3.63) is 119 Å². The summed E-state index contributed by atoms with van der Waals surface area (Å²) in [5, 5.41) is 0. The van der Waals surface area contributed by atoms with Crippen molar-refractivity contribution in [2.24, 2.45) is 0 Å². The van der Waals surface area contributed by atoms with E-state index in [1.807, 2.05) is 60.7 Å². The van der Waals surface area contributed by atoms with Crippen LogP contribution in [0.1, 0.15) is 89.5 Å². The van der Waals surface area contributed by atoms with Crippen molar-refractivity contribution >= 4 is 28.5 Å². The summed E-state index contributed by atoms with van der Waals surface area (Å²) in [5.41, 5.74) is 0.0888. The van der Waals surface area contributed by atoms with Crippen molar-refractivity contribution in [1.29, 1.82) is 0 Å². The fourth-order valence-corrected chi connectivity index (χ4v) is 8.67. The molecule has 11 nitrogen and oxygen atoms in total. The quantitative estimate of drug-likeness (QED) is 0.0727. The van der Waals surface area contributed by atoms with Crippen LogP contribution in [0.3, 0.4) is 0 Å². The van der Waals surface area contributed by atoms with E-state index >= 15 is 0 Å². The first-order valence-electron chi connectivity index (χ1n) is 17.7. The monoisotopic (exact) mass is 802 g/mol. The van der Waals surface area contributed by atoms with Crippen LogP contribution in [0.15, 0.2) is 97.1 Å². The van der Waals surface area contributed by atoms with E-state index in [0.29, 0.717) is 35.8 Å². The lowest BCUT2D eigenvalue weighted by atomic mass is 9.87. The molecule has 4 aromatic rings. The molecule has 0 saturated carbocycles. The average Bonchev–Trinajstić information content (AvgIpc) is 3.06. The SMILES string of the molecule is CC(C)(C)c1ccc(Oc2cccc(CCCC(O[PH](=O)OC(CCCc3cccc(Oc4ccc(C(C)(C)C)cc4)c3)S(=O)(=O)O)S(=O)(=O)O)c2)cc1. The number of benzene rings is 4. The van der Waals surface area contributed by atoms with Gasteiger partial charge in [-0.3, -0.25) is 22.7 Å². The maximum atomic E-state index is 12.8. The molecule has 0 spiro atoms. The molecule has 0 saturated heterocycles. The molecule has 2 unspecified atom stereocenters. The maximum Gasteiger partial charge on any atom is 0.321 e. The van der Waals surface area contributed by atoms with E-state index in [4.69, 9.17) is 18.5 Å². The maximum absolute atomic E-state index is 12.8. The van der Waals surface area contributed by atoms with Crippen LogP contribution < -0.4 is 9.47 Å². The van der Waals surface area contributed by atoms with Gasteiger partial charge in [0, 0.05) is 0 Å². The zero-order valence-electron chi connectivity index (χ0n) is 31.5. The largest absolute Gasteiger partial charge is 0.457 e. The summed E-state index contributed by atoms with van der Waals surface area (Å²) in [4.78, 5) is 0. The van der Waals surface area contributed by atoms with Gasteiger partial charge in [-0.25, -0.2) is 0 Å². The van der Waals surface area contributed by atoms with Gasteiger partial charge in [0.1, 0.15) is 23.0 Å². The third-order valence-electron chi connectivity index (χ3n) is 8.64. The molecule has 4 aromatic carbocycles. The molecule has 0 aliphatic rings. The number of hydrogen-bond acceptors (Lipinski definition) is 9. The van der Waals surface area contributed by atoms with Gasteiger partial charge in [-0.15, -0.1) is 0 Å². The van der Waals surface area contributed by atoms with Gasteiger partial charge in [-0.05, 0) is 120 Å². The Hall–Kier alpha value is -3.55. The molecule has 2 atom stereocenters. The summed E-state index contributed by atoms with van der Waals surface area (Å²) in [5.74, 6) is 2.48. The Morgan fingerprint density at radius 2 is 0.907 bits per heavy atom. The zero-order valence-corrected chi connectivity index (χ0v) is 34.2. The first-order valence-corrected chi connectivity index (χ1v) is 21.9. The van der Waals surface area contributed by atoms with Gasteiger partial charge in [-0.1, -0.05) is 90.1 Å². The summed E-state index contributed by atoms with van der Waals surface area (Å²) in [6.45, 7) is 12.8. The molecule has 4 rings (SSSR count). The van der Waals surface area contributed by atoms with E-state index in [2.05, 4.69) is 41.5 Å². The molecule has 0 aliphatic heterocycles. The van der Waals surface area contributed by atoms with Gasteiger partial charge in [0.25, 0.3) is 20.2 Å². The Morgan fingerprint density at radius 3 is 1.22 bits per heavy atom. The lowest BCUT2D eigenvalue weighted by molar-refractivity contribution is 0.170. The van der Waals surface area contributed by atoms with Crippen LogP contribution in [-0.2, 0) is 57.5 Å². The van der Waals surface area contributed by atoms with E-state index in [0.717, 1.165) is 11.1 Å². The predicted octanol–water partition coefficient (Wildman–Crippen LogP) is 10.1. The molecule has 0 fully saturated rings. The smallest absolute Gasteiger partial charge is 0.321 e. The van der Waals surface area contributed by atoms with E-state index in [1.165, 1.54) is 11.1 Å². The molecule has 0 heterocycles. The second-order valence-corrected chi connectivity index (χ2v) is 19.3. The highest BCUT2D eigenvalue weighted by molar-refractivity contribution is 7.86. The van der Waals surface area contributed by atoms with Crippen LogP contribution in [0.5, 0.6) is 23.0 Å². The molecular weight excluding hydrogens is 752 g/mol. The zero-order chi connectivity index (χ0) is 39.7. The summed E-state index contributed by atoms with van der Waals surface area (Å²) in [6, 6.07) is 30.0. The van der Waals surface area contributed by atoms with Crippen molar-refractivity contribution in [1.82, 2.24) is 0 Å². The highest BCUT2D eigenvalue weighted by Crippen LogP contribution is 2.35. The molecule has 0 bridgehead atoms. The molecule has 294 valence electrons. The van der Waals surface area contributed by atoms with Crippen molar-refractivity contribution in [3.8, 4) is 23.0 Å². The number of aryl methyl sites for hydroxylation is 2. The lowest BCUT2D eigenvalue weighted by Gasteiger charge is -2.19.